The van der Waals surface area contributed by atoms with Crippen LogP contribution in [-0.2, 0) is 14.8 Å². The Morgan fingerprint density at radius 2 is 1.84 bits per heavy atom. The van der Waals surface area contributed by atoms with E-state index in [9.17, 15) is 18.0 Å². The van der Waals surface area contributed by atoms with Gasteiger partial charge in [0.2, 0.25) is 15.9 Å². The SMILES string of the molecule is CCN1CCC2(CN(S(C)(=O)=O)CC23CCN(C(=O)c2cccc(OC)c2)CC3)C1=O. The van der Waals surface area contributed by atoms with Gasteiger partial charge in [-0.1, -0.05) is 6.07 Å². The highest BCUT2D eigenvalue weighted by molar-refractivity contribution is 7.88. The average Bonchev–Trinajstić information content (AvgIpc) is 3.26. The number of amides is 2. The lowest BCUT2D eigenvalue weighted by Crippen LogP contribution is -2.53. The van der Waals surface area contributed by atoms with Gasteiger partial charge in [-0.2, -0.15) is 0 Å². The van der Waals surface area contributed by atoms with Gasteiger partial charge in [-0.15, -0.1) is 0 Å². The first-order valence-electron chi connectivity index (χ1n) is 10.8. The summed E-state index contributed by atoms with van der Waals surface area (Å²) < 4.78 is 31.5. The van der Waals surface area contributed by atoms with Crippen LogP contribution in [0.1, 0.15) is 36.5 Å². The molecule has 0 aromatic heterocycles. The Kier molecular flexibility index (Phi) is 5.54. The fourth-order valence-electron chi connectivity index (χ4n) is 5.74. The van der Waals surface area contributed by atoms with Crippen molar-refractivity contribution in [2.75, 3.05) is 52.6 Å². The maximum atomic E-state index is 13.4. The molecule has 3 saturated heterocycles. The average molecular weight is 450 g/mol. The van der Waals surface area contributed by atoms with Crippen LogP contribution in [0.5, 0.6) is 5.75 Å². The minimum atomic E-state index is -3.40. The number of rotatable bonds is 4. The molecule has 1 atom stereocenters. The Balaban J connectivity index is 1.58. The van der Waals surface area contributed by atoms with Crippen molar-refractivity contribution in [1.29, 1.82) is 0 Å². The molecule has 3 heterocycles. The number of fused-ring (bicyclic) bond motifs is 1. The smallest absolute Gasteiger partial charge is 0.253 e. The second-order valence-electron chi connectivity index (χ2n) is 9.05. The van der Waals surface area contributed by atoms with Crippen LogP contribution in [-0.4, -0.2) is 87.0 Å². The fraction of sp³-hybridized carbons (Fsp3) is 0.636. The number of likely N-dealkylation sites (tertiary alicyclic amines) is 2. The van der Waals surface area contributed by atoms with E-state index in [0.29, 0.717) is 63.3 Å². The van der Waals surface area contributed by atoms with E-state index in [-0.39, 0.29) is 18.4 Å². The molecule has 0 N–H and O–H groups in total. The molecule has 1 aromatic rings. The summed E-state index contributed by atoms with van der Waals surface area (Å²) >= 11 is 0. The minimum absolute atomic E-state index is 0.0614. The molecule has 3 fully saturated rings. The summed E-state index contributed by atoms with van der Waals surface area (Å²) in [5.41, 5.74) is -0.539. The molecule has 3 aliphatic rings. The van der Waals surface area contributed by atoms with Gasteiger partial charge in [0.05, 0.1) is 18.8 Å². The van der Waals surface area contributed by atoms with E-state index < -0.39 is 20.9 Å². The number of carbonyl (C=O) groups excluding carboxylic acids is 2. The Hall–Kier alpha value is -2.13. The number of carbonyl (C=O) groups is 2. The van der Waals surface area contributed by atoms with E-state index in [1.807, 2.05) is 16.7 Å². The molecule has 0 saturated carbocycles. The second-order valence-corrected chi connectivity index (χ2v) is 11.0. The van der Waals surface area contributed by atoms with Crippen molar-refractivity contribution in [3.05, 3.63) is 29.8 Å². The van der Waals surface area contributed by atoms with Gasteiger partial charge in [-0.3, -0.25) is 9.59 Å². The highest BCUT2D eigenvalue weighted by Crippen LogP contribution is 2.58. The van der Waals surface area contributed by atoms with Crippen molar-refractivity contribution in [3.63, 3.8) is 0 Å². The number of piperidine rings is 1. The van der Waals surface area contributed by atoms with Gasteiger partial charge in [0.1, 0.15) is 5.75 Å². The fourth-order valence-corrected chi connectivity index (χ4v) is 6.68. The highest BCUT2D eigenvalue weighted by Gasteiger charge is 2.66. The first-order chi connectivity index (χ1) is 14.7. The molecule has 3 aliphatic heterocycles. The van der Waals surface area contributed by atoms with E-state index in [0.717, 1.165) is 0 Å². The van der Waals surface area contributed by atoms with Crippen LogP contribution in [0, 0.1) is 10.8 Å². The summed E-state index contributed by atoms with van der Waals surface area (Å²) in [5.74, 6) is 0.650. The lowest BCUT2D eigenvalue weighted by atomic mass is 9.60. The number of ether oxygens (including phenoxy) is 1. The molecule has 0 aliphatic carbocycles. The Labute approximate surface area is 184 Å². The molecule has 4 rings (SSSR count). The van der Waals surface area contributed by atoms with E-state index in [2.05, 4.69) is 0 Å². The normalized spacial score (nSPS) is 26.2. The van der Waals surface area contributed by atoms with Gasteiger partial charge in [-0.25, -0.2) is 12.7 Å². The van der Waals surface area contributed by atoms with Crippen LogP contribution in [0.3, 0.4) is 0 Å². The largest absolute Gasteiger partial charge is 0.497 e. The van der Waals surface area contributed by atoms with Gasteiger partial charge >= 0.3 is 0 Å². The van der Waals surface area contributed by atoms with E-state index in [4.69, 9.17) is 4.74 Å². The predicted octanol–water partition coefficient (Wildman–Crippen LogP) is 1.43. The molecular weight excluding hydrogens is 418 g/mol. The van der Waals surface area contributed by atoms with Crippen molar-refractivity contribution < 1.29 is 22.7 Å². The van der Waals surface area contributed by atoms with Crippen LogP contribution in [0.4, 0.5) is 0 Å². The number of methoxy groups -OCH3 is 1. The molecule has 31 heavy (non-hydrogen) atoms. The van der Waals surface area contributed by atoms with Crippen LogP contribution < -0.4 is 4.74 Å². The third kappa shape index (κ3) is 3.51. The molecule has 8 nitrogen and oxygen atoms in total. The second kappa shape index (κ2) is 7.78. The van der Waals surface area contributed by atoms with E-state index >= 15 is 0 Å². The number of sulfonamides is 1. The molecule has 1 unspecified atom stereocenters. The predicted molar refractivity (Wildman–Crippen MR) is 116 cm³/mol. The zero-order valence-electron chi connectivity index (χ0n) is 18.5. The number of hydrogen-bond donors (Lipinski definition) is 0. The maximum absolute atomic E-state index is 13.4. The third-order valence-corrected chi connectivity index (χ3v) is 8.82. The van der Waals surface area contributed by atoms with Gasteiger partial charge in [-0.05, 0) is 44.4 Å². The number of benzene rings is 1. The van der Waals surface area contributed by atoms with Gasteiger partial charge < -0.3 is 14.5 Å². The van der Waals surface area contributed by atoms with Crippen molar-refractivity contribution in [2.24, 2.45) is 10.8 Å². The lowest BCUT2D eigenvalue weighted by Gasteiger charge is -2.47. The topological polar surface area (TPSA) is 87.2 Å². The number of hydrogen-bond acceptors (Lipinski definition) is 5. The molecule has 170 valence electrons. The zero-order chi connectivity index (χ0) is 22.4. The molecule has 0 bridgehead atoms. The number of nitrogens with zero attached hydrogens (tertiary/aromatic N) is 3. The van der Waals surface area contributed by atoms with Crippen LogP contribution in [0.15, 0.2) is 24.3 Å². The van der Waals surface area contributed by atoms with Crippen LogP contribution in [0.2, 0.25) is 0 Å². The molecular formula is C22H31N3O5S. The zero-order valence-corrected chi connectivity index (χ0v) is 19.3. The van der Waals surface area contributed by atoms with Crippen molar-refractivity contribution in [1.82, 2.24) is 14.1 Å². The summed E-state index contributed by atoms with van der Waals surface area (Å²) in [4.78, 5) is 30.1. The van der Waals surface area contributed by atoms with Crippen LogP contribution in [0.25, 0.3) is 0 Å². The van der Waals surface area contributed by atoms with Crippen molar-refractivity contribution >= 4 is 21.8 Å². The first kappa shape index (κ1) is 22.1. The lowest BCUT2D eigenvalue weighted by molar-refractivity contribution is -0.141. The third-order valence-electron chi connectivity index (χ3n) is 7.62. The maximum Gasteiger partial charge on any atom is 0.253 e. The van der Waals surface area contributed by atoms with Gasteiger partial charge in [0.25, 0.3) is 5.91 Å². The van der Waals surface area contributed by atoms with Crippen molar-refractivity contribution in [3.8, 4) is 5.75 Å². The monoisotopic (exact) mass is 449 g/mol. The van der Waals surface area contributed by atoms with Gasteiger partial charge in [0.15, 0.2) is 0 Å². The Morgan fingerprint density at radius 3 is 2.42 bits per heavy atom. The minimum Gasteiger partial charge on any atom is -0.497 e. The summed E-state index contributed by atoms with van der Waals surface area (Å²) in [6, 6.07) is 7.10. The summed E-state index contributed by atoms with van der Waals surface area (Å²) in [6.45, 7) is 4.89. The van der Waals surface area contributed by atoms with E-state index in [1.165, 1.54) is 10.6 Å². The first-order valence-corrected chi connectivity index (χ1v) is 12.7. The molecule has 0 radical (unpaired) electrons. The Bertz CT molecular complexity index is 987. The summed E-state index contributed by atoms with van der Waals surface area (Å²) in [5, 5.41) is 0. The van der Waals surface area contributed by atoms with Crippen LogP contribution >= 0.6 is 0 Å². The highest BCUT2D eigenvalue weighted by atomic mass is 32.2. The molecule has 2 spiro atoms. The molecule has 1 aromatic carbocycles. The molecule has 9 heteroatoms. The van der Waals surface area contributed by atoms with E-state index in [1.54, 1.807) is 31.4 Å². The molecule has 2 amide bonds. The summed E-state index contributed by atoms with van der Waals surface area (Å²) in [7, 11) is -1.83. The van der Waals surface area contributed by atoms with Gasteiger partial charge in [0, 0.05) is 50.2 Å². The standard InChI is InChI=1S/C22H31N3O5S/c1-4-23-13-10-22(20(23)27)16-25(31(3,28)29)15-21(22)8-11-24(12-9-21)19(26)17-6-5-7-18(14-17)30-2/h5-7,14H,4,8-13,15-16H2,1-3H3. The quantitative estimate of drug-likeness (QED) is 0.694. The Morgan fingerprint density at radius 1 is 1.13 bits per heavy atom. The van der Waals surface area contributed by atoms with Crippen molar-refractivity contribution in [2.45, 2.75) is 26.2 Å². The summed E-state index contributed by atoms with van der Waals surface area (Å²) in [6.07, 6.45) is 3.14.